The van der Waals surface area contributed by atoms with Gasteiger partial charge in [-0.1, -0.05) is 39.0 Å². The van der Waals surface area contributed by atoms with Gasteiger partial charge in [-0.05, 0) is 46.3 Å². The van der Waals surface area contributed by atoms with Crippen LogP contribution in [0.25, 0.3) is 5.57 Å². The molecular formula is C40H49NO14. The number of ketones is 2. The number of phenolic OH excluding ortho intramolecular Hbond substituents is 1. The summed E-state index contributed by atoms with van der Waals surface area (Å²) in [5.41, 5.74) is 0.454. The van der Waals surface area contributed by atoms with Gasteiger partial charge < -0.3 is 49.4 Å². The number of Topliss-reactive ketones (excluding diaryl/α,β-unsaturated/α-hetero) is 1. The maximum Gasteiger partial charge on any atom is 0.313 e. The molecule has 0 unspecified atom stereocenters. The lowest BCUT2D eigenvalue weighted by atomic mass is 9.76. The molecule has 1 saturated heterocycles. The highest BCUT2D eigenvalue weighted by atomic mass is 16.7. The maximum atomic E-state index is 13.8. The number of ether oxygens (including phenoxy) is 5. The van der Waals surface area contributed by atoms with Crippen molar-refractivity contribution in [3.8, 4) is 11.5 Å². The highest BCUT2D eigenvalue weighted by Crippen LogP contribution is 2.52. The Balaban J connectivity index is 1.66. The number of amides is 1. The molecule has 15 nitrogen and oxygen atoms in total. The standard InChI is InChI=1S/C40H49NO14/c1-16(30(44)21(6)37-28(40(50)51-10)32(46)23(8)39(49)55-37)12-11-13-17(2)38(48)41-29-20(5)36(54-24(9)43)25-26(33(29)47)31(45)22(7)35-27(25)34(52-15-53-35)18(3)14-19(4)42/h11-14,16,21,23,28,30,32,37,39,44,46-47,49H,15H2,1-10H3,(H,41,48)/b12-11+,17-13+,18-14+/t16-,21-,23+,28-,30-,32-,37-,39-/m1/s1. The summed E-state index contributed by atoms with van der Waals surface area (Å²) in [4.78, 5) is 64.2. The molecule has 5 N–H and O–H groups in total. The van der Waals surface area contributed by atoms with Crippen LogP contribution in [0.1, 0.15) is 76.9 Å². The summed E-state index contributed by atoms with van der Waals surface area (Å²) in [5, 5.41) is 46.5. The van der Waals surface area contributed by atoms with Gasteiger partial charge in [0.1, 0.15) is 23.2 Å². The van der Waals surface area contributed by atoms with E-state index in [0.717, 1.165) is 6.92 Å². The molecule has 15 heteroatoms. The van der Waals surface area contributed by atoms with Crippen molar-refractivity contribution in [3.63, 3.8) is 0 Å². The third kappa shape index (κ3) is 8.44. The van der Waals surface area contributed by atoms with Crippen LogP contribution in [0.4, 0.5) is 5.69 Å². The van der Waals surface area contributed by atoms with Crippen molar-refractivity contribution in [2.45, 2.75) is 86.9 Å². The SMILES string of the molecule is COC(=O)[C@@H]1[C@H](O)[C@H](C)[C@H](O)O[C@@H]1[C@H](C)[C@H](O)[C@H](C)/C=C/C=C(\C)C(=O)Nc1c(C)c(OC(C)=O)c2c(c1O)C(=O)C(C)=C1OCOC(/C(C)=C/C(C)=O)=C12. The smallest absolute Gasteiger partial charge is 0.313 e. The van der Waals surface area contributed by atoms with Gasteiger partial charge in [0.15, 0.2) is 23.6 Å². The number of esters is 2. The lowest BCUT2D eigenvalue weighted by Gasteiger charge is -2.44. The van der Waals surface area contributed by atoms with E-state index in [0.29, 0.717) is 5.57 Å². The van der Waals surface area contributed by atoms with E-state index in [1.165, 1.54) is 60.0 Å². The molecule has 1 aliphatic carbocycles. The molecule has 0 bridgehead atoms. The molecule has 55 heavy (non-hydrogen) atoms. The van der Waals surface area contributed by atoms with Gasteiger partial charge in [-0.25, -0.2) is 0 Å². The fourth-order valence-corrected chi connectivity index (χ4v) is 6.98. The third-order valence-corrected chi connectivity index (χ3v) is 10.1. The summed E-state index contributed by atoms with van der Waals surface area (Å²) >= 11 is 0. The normalized spacial score (nSPS) is 24.6. The highest BCUT2D eigenvalue weighted by Gasteiger charge is 2.50. The number of aliphatic hydroxyl groups is 3. The number of hydrogen-bond donors (Lipinski definition) is 5. The molecule has 2 heterocycles. The van der Waals surface area contributed by atoms with E-state index >= 15 is 0 Å². The molecule has 0 aromatic heterocycles. The van der Waals surface area contributed by atoms with Crippen LogP contribution in [0.2, 0.25) is 0 Å². The van der Waals surface area contributed by atoms with E-state index in [2.05, 4.69) is 5.32 Å². The summed E-state index contributed by atoms with van der Waals surface area (Å²) in [6.45, 7) is 13.2. The van der Waals surface area contributed by atoms with Crippen molar-refractivity contribution in [2.24, 2.45) is 23.7 Å². The van der Waals surface area contributed by atoms with Crippen molar-refractivity contribution >= 4 is 40.7 Å². The molecule has 4 rings (SSSR count). The van der Waals surface area contributed by atoms with Gasteiger partial charge in [0, 0.05) is 47.0 Å². The van der Waals surface area contributed by atoms with Gasteiger partial charge in [0.25, 0.3) is 5.91 Å². The third-order valence-electron chi connectivity index (χ3n) is 10.1. The average Bonchev–Trinajstić information content (AvgIpc) is 3.13. The number of benzene rings is 1. The molecule has 1 fully saturated rings. The monoisotopic (exact) mass is 767 g/mol. The number of aliphatic hydroxyl groups excluding tert-OH is 3. The molecule has 0 saturated carbocycles. The van der Waals surface area contributed by atoms with E-state index in [1.807, 2.05) is 0 Å². The summed E-state index contributed by atoms with van der Waals surface area (Å²) in [6, 6.07) is 0. The van der Waals surface area contributed by atoms with Gasteiger partial charge in [0.05, 0.1) is 42.2 Å². The Morgan fingerprint density at radius 1 is 1.02 bits per heavy atom. The van der Waals surface area contributed by atoms with Crippen molar-refractivity contribution in [1.29, 1.82) is 0 Å². The van der Waals surface area contributed by atoms with Crippen LogP contribution in [-0.4, -0.2) is 88.3 Å². The minimum Gasteiger partial charge on any atom is -0.505 e. The average molecular weight is 768 g/mol. The van der Waals surface area contributed by atoms with Crippen molar-refractivity contribution in [2.75, 3.05) is 19.2 Å². The zero-order valence-corrected chi connectivity index (χ0v) is 32.5. The fraction of sp³-hybridized carbons (Fsp3) is 0.475. The Morgan fingerprint density at radius 3 is 2.27 bits per heavy atom. The number of allylic oxidation sites excluding steroid dienone is 6. The van der Waals surface area contributed by atoms with Crippen LogP contribution < -0.4 is 10.1 Å². The lowest BCUT2D eigenvalue weighted by molar-refractivity contribution is -0.262. The van der Waals surface area contributed by atoms with Crippen LogP contribution in [0.5, 0.6) is 11.5 Å². The second-order valence-electron chi connectivity index (χ2n) is 14.1. The summed E-state index contributed by atoms with van der Waals surface area (Å²) in [5.74, 6) is -6.78. The molecule has 298 valence electrons. The van der Waals surface area contributed by atoms with Gasteiger partial charge in [0.2, 0.25) is 6.79 Å². The van der Waals surface area contributed by atoms with E-state index < -0.39 is 77.7 Å². The number of fused-ring (bicyclic) bond motifs is 3. The molecule has 1 amide bonds. The number of anilines is 1. The van der Waals surface area contributed by atoms with Crippen molar-refractivity contribution < 1.29 is 68.1 Å². The number of carbonyl (C=O) groups excluding carboxylic acids is 5. The molecule has 3 aliphatic rings. The zero-order valence-electron chi connectivity index (χ0n) is 32.5. The molecule has 1 aromatic rings. The number of aromatic hydroxyl groups is 1. The summed E-state index contributed by atoms with van der Waals surface area (Å²) < 4.78 is 27.6. The van der Waals surface area contributed by atoms with Crippen LogP contribution in [0.15, 0.2) is 52.5 Å². The number of carbonyl (C=O) groups is 5. The van der Waals surface area contributed by atoms with Crippen molar-refractivity contribution in [1.82, 2.24) is 0 Å². The summed E-state index contributed by atoms with van der Waals surface area (Å²) in [7, 11) is 1.17. The fourth-order valence-electron chi connectivity index (χ4n) is 6.98. The van der Waals surface area contributed by atoms with E-state index in [9.17, 15) is 44.4 Å². The quantitative estimate of drug-likeness (QED) is 0.0708. The first-order valence-electron chi connectivity index (χ1n) is 17.7. The molecule has 0 radical (unpaired) electrons. The number of phenols is 1. The molecule has 0 spiro atoms. The van der Waals surface area contributed by atoms with Gasteiger partial charge >= 0.3 is 11.9 Å². The van der Waals surface area contributed by atoms with E-state index in [-0.39, 0.29) is 68.9 Å². The predicted octanol–water partition coefficient (Wildman–Crippen LogP) is 3.92. The second kappa shape index (κ2) is 17.1. The van der Waals surface area contributed by atoms with Crippen LogP contribution in [0, 0.1) is 30.6 Å². The largest absolute Gasteiger partial charge is 0.505 e. The zero-order chi connectivity index (χ0) is 41.2. The number of rotatable bonds is 11. The molecule has 2 aliphatic heterocycles. The highest BCUT2D eigenvalue weighted by molar-refractivity contribution is 6.21. The molecule has 1 aromatic carbocycles. The second-order valence-corrected chi connectivity index (χ2v) is 14.1. The Bertz CT molecular complexity index is 1930. The van der Waals surface area contributed by atoms with Crippen molar-refractivity contribution in [3.05, 3.63) is 69.2 Å². The number of methoxy groups -OCH3 is 1. The first-order valence-corrected chi connectivity index (χ1v) is 17.7. The van der Waals surface area contributed by atoms with Gasteiger partial charge in [-0.2, -0.15) is 0 Å². The Morgan fingerprint density at radius 2 is 1.67 bits per heavy atom. The van der Waals surface area contributed by atoms with E-state index in [4.69, 9.17) is 23.7 Å². The Hall–Kier alpha value is -5.09. The maximum absolute atomic E-state index is 13.8. The molecule has 8 atom stereocenters. The molecular weight excluding hydrogens is 718 g/mol. The Labute approximate surface area is 318 Å². The number of nitrogens with one attached hydrogen (secondary N) is 1. The lowest BCUT2D eigenvalue weighted by Crippen LogP contribution is -2.57. The minimum absolute atomic E-state index is 0.00756. The van der Waals surface area contributed by atoms with Crippen LogP contribution >= 0.6 is 0 Å². The van der Waals surface area contributed by atoms with Crippen LogP contribution in [0.3, 0.4) is 0 Å². The number of hydrogen-bond acceptors (Lipinski definition) is 14. The first-order chi connectivity index (χ1) is 25.7. The predicted molar refractivity (Wildman–Crippen MR) is 197 cm³/mol. The first kappa shape index (κ1) is 42.6. The van der Waals surface area contributed by atoms with Crippen LogP contribution in [-0.2, 0) is 38.1 Å². The topological polar surface area (TPSA) is 224 Å². The Kier molecular flexibility index (Phi) is 13.3. The van der Waals surface area contributed by atoms with E-state index in [1.54, 1.807) is 26.8 Å². The van der Waals surface area contributed by atoms with Gasteiger partial charge in [-0.3, -0.25) is 24.0 Å². The summed E-state index contributed by atoms with van der Waals surface area (Å²) in [6.07, 6.45) is 1.10. The minimum atomic E-state index is -1.37. The van der Waals surface area contributed by atoms with Gasteiger partial charge in [-0.15, -0.1) is 0 Å².